The van der Waals surface area contributed by atoms with Gasteiger partial charge in [-0.25, -0.2) is 0 Å². The fraction of sp³-hybridized carbons (Fsp3) is 0.667. The standard InChI is InChI=1S/C9H16N2OS/c1-8(13)9-4-6-11(10-9)5-3-7-12-2/h4,6,8,13H,3,5,7H2,1-2H3. The van der Waals surface area contributed by atoms with Crippen LogP contribution in [0.25, 0.3) is 0 Å². The van der Waals surface area contributed by atoms with Gasteiger partial charge in [0.1, 0.15) is 0 Å². The maximum atomic E-state index is 4.96. The van der Waals surface area contributed by atoms with Gasteiger partial charge < -0.3 is 4.74 Å². The van der Waals surface area contributed by atoms with E-state index in [2.05, 4.69) is 17.7 Å². The molecule has 1 heterocycles. The van der Waals surface area contributed by atoms with E-state index in [1.54, 1.807) is 7.11 Å². The van der Waals surface area contributed by atoms with Crippen LogP contribution in [0, 0.1) is 0 Å². The maximum absolute atomic E-state index is 4.96. The smallest absolute Gasteiger partial charge is 0.0748 e. The van der Waals surface area contributed by atoms with Crippen molar-refractivity contribution < 1.29 is 4.74 Å². The SMILES string of the molecule is COCCCn1ccc(C(C)S)n1. The fourth-order valence-electron chi connectivity index (χ4n) is 1.10. The van der Waals surface area contributed by atoms with Gasteiger partial charge in [-0.3, -0.25) is 4.68 Å². The maximum Gasteiger partial charge on any atom is 0.0748 e. The van der Waals surface area contributed by atoms with Crippen molar-refractivity contribution in [1.82, 2.24) is 9.78 Å². The predicted octanol–water partition coefficient (Wildman–Crippen LogP) is 1.91. The van der Waals surface area contributed by atoms with Crippen molar-refractivity contribution in [2.24, 2.45) is 0 Å². The van der Waals surface area contributed by atoms with E-state index in [9.17, 15) is 0 Å². The van der Waals surface area contributed by atoms with Crippen LogP contribution in [0.1, 0.15) is 24.3 Å². The Kier molecular flexibility index (Phi) is 4.32. The molecular weight excluding hydrogens is 184 g/mol. The Morgan fingerprint density at radius 1 is 1.69 bits per heavy atom. The highest BCUT2D eigenvalue weighted by Crippen LogP contribution is 2.15. The molecule has 13 heavy (non-hydrogen) atoms. The molecule has 0 saturated heterocycles. The zero-order chi connectivity index (χ0) is 9.68. The van der Waals surface area contributed by atoms with Crippen molar-refractivity contribution >= 4 is 12.6 Å². The number of methoxy groups -OCH3 is 1. The van der Waals surface area contributed by atoms with Gasteiger partial charge in [0.25, 0.3) is 0 Å². The van der Waals surface area contributed by atoms with Gasteiger partial charge in [-0.05, 0) is 19.4 Å². The Bertz CT molecular complexity index is 248. The van der Waals surface area contributed by atoms with Crippen molar-refractivity contribution in [2.45, 2.75) is 25.1 Å². The van der Waals surface area contributed by atoms with E-state index in [-0.39, 0.29) is 5.25 Å². The van der Waals surface area contributed by atoms with E-state index in [0.29, 0.717) is 0 Å². The van der Waals surface area contributed by atoms with Crippen LogP contribution in [-0.4, -0.2) is 23.5 Å². The molecule has 0 aliphatic carbocycles. The topological polar surface area (TPSA) is 27.1 Å². The van der Waals surface area contributed by atoms with Gasteiger partial charge in [0.05, 0.1) is 5.69 Å². The minimum atomic E-state index is 0.212. The molecule has 0 aromatic carbocycles. The molecule has 1 aromatic heterocycles. The van der Waals surface area contributed by atoms with Gasteiger partial charge in [-0.15, -0.1) is 0 Å². The molecule has 3 nitrogen and oxygen atoms in total. The summed E-state index contributed by atoms with van der Waals surface area (Å²) in [6.45, 7) is 3.71. The molecule has 0 fully saturated rings. The molecule has 0 aliphatic heterocycles. The van der Waals surface area contributed by atoms with Crippen molar-refractivity contribution in [3.8, 4) is 0 Å². The first-order chi connectivity index (χ1) is 6.24. The molecule has 1 atom stereocenters. The van der Waals surface area contributed by atoms with Crippen molar-refractivity contribution in [2.75, 3.05) is 13.7 Å². The third kappa shape index (κ3) is 3.40. The molecule has 0 aliphatic rings. The molecule has 1 aromatic rings. The van der Waals surface area contributed by atoms with Crippen LogP contribution in [-0.2, 0) is 11.3 Å². The molecule has 0 radical (unpaired) electrons. The first kappa shape index (κ1) is 10.6. The first-order valence-electron chi connectivity index (χ1n) is 4.44. The van der Waals surface area contributed by atoms with Crippen LogP contribution in [0.15, 0.2) is 12.3 Å². The van der Waals surface area contributed by atoms with Crippen LogP contribution >= 0.6 is 12.6 Å². The number of aryl methyl sites for hydroxylation is 1. The summed E-state index contributed by atoms with van der Waals surface area (Å²) in [6, 6.07) is 2.00. The van der Waals surface area contributed by atoms with Crippen LogP contribution in [0.2, 0.25) is 0 Å². The van der Waals surface area contributed by atoms with Crippen molar-refractivity contribution in [1.29, 1.82) is 0 Å². The quantitative estimate of drug-likeness (QED) is 0.580. The summed E-state index contributed by atoms with van der Waals surface area (Å²) in [7, 11) is 1.71. The van der Waals surface area contributed by atoms with Crippen LogP contribution in [0.3, 0.4) is 0 Å². The van der Waals surface area contributed by atoms with Gasteiger partial charge in [0.15, 0.2) is 0 Å². The Morgan fingerprint density at radius 3 is 3.00 bits per heavy atom. The molecule has 1 unspecified atom stereocenters. The Labute approximate surface area is 84.5 Å². The van der Waals surface area contributed by atoms with Crippen LogP contribution in [0.4, 0.5) is 0 Å². The normalized spacial score (nSPS) is 13.2. The number of aromatic nitrogens is 2. The average molecular weight is 200 g/mol. The predicted molar refractivity (Wildman–Crippen MR) is 56.1 cm³/mol. The number of nitrogens with zero attached hydrogens (tertiary/aromatic N) is 2. The summed E-state index contributed by atoms with van der Waals surface area (Å²) in [4.78, 5) is 0. The largest absolute Gasteiger partial charge is 0.385 e. The van der Waals surface area contributed by atoms with Crippen molar-refractivity contribution in [3.05, 3.63) is 18.0 Å². The molecule has 0 N–H and O–H groups in total. The lowest BCUT2D eigenvalue weighted by Crippen LogP contribution is -2.02. The number of hydrogen-bond donors (Lipinski definition) is 1. The van der Waals surface area contributed by atoms with Gasteiger partial charge in [0.2, 0.25) is 0 Å². The highest BCUT2D eigenvalue weighted by atomic mass is 32.1. The summed E-state index contributed by atoms with van der Waals surface area (Å²) >= 11 is 4.31. The Balaban J connectivity index is 2.40. The van der Waals surface area contributed by atoms with E-state index in [4.69, 9.17) is 4.74 Å². The molecule has 0 bridgehead atoms. The van der Waals surface area contributed by atoms with Gasteiger partial charge >= 0.3 is 0 Å². The molecule has 74 valence electrons. The lowest BCUT2D eigenvalue weighted by atomic mass is 10.3. The minimum Gasteiger partial charge on any atom is -0.385 e. The lowest BCUT2D eigenvalue weighted by Gasteiger charge is -2.01. The first-order valence-corrected chi connectivity index (χ1v) is 4.96. The summed E-state index contributed by atoms with van der Waals surface area (Å²) in [5.74, 6) is 0. The second kappa shape index (κ2) is 5.29. The summed E-state index contributed by atoms with van der Waals surface area (Å²) in [5, 5.41) is 4.58. The van der Waals surface area contributed by atoms with E-state index in [1.165, 1.54) is 0 Å². The summed E-state index contributed by atoms with van der Waals surface area (Å²) in [6.07, 6.45) is 2.98. The minimum absolute atomic E-state index is 0.212. The van der Waals surface area contributed by atoms with E-state index in [1.807, 2.05) is 23.9 Å². The highest BCUT2D eigenvalue weighted by molar-refractivity contribution is 7.80. The van der Waals surface area contributed by atoms with E-state index in [0.717, 1.165) is 25.3 Å². The second-order valence-corrected chi connectivity index (χ2v) is 3.80. The molecule has 0 spiro atoms. The van der Waals surface area contributed by atoms with Gasteiger partial charge in [-0.1, -0.05) is 0 Å². The zero-order valence-corrected chi connectivity index (χ0v) is 9.00. The third-order valence-electron chi connectivity index (χ3n) is 1.82. The number of thiol groups is 1. The number of ether oxygens (including phenoxy) is 1. The van der Waals surface area contributed by atoms with Gasteiger partial charge in [0, 0.05) is 31.7 Å². The number of hydrogen-bond acceptors (Lipinski definition) is 3. The zero-order valence-electron chi connectivity index (χ0n) is 8.10. The van der Waals surface area contributed by atoms with E-state index >= 15 is 0 Å². The molecular formula is C9H16N2OS. The summed E-state index contributed by atoms with van der Waals surface area (Å²) < 4.78 is 6.89. The molecule has 4 heteroatoms. The lowest BCUT2D eigenvalue weighted by molar-refractivity contribution is 0.189. The molecule has 0 saturated carbocycles. The summed E-state index contributed by atoms with van der Waals surface area (Å²) in [5.41, 5.74) is 1.03. The molecule has 1 rings (SSSR count). The Morgan fingerprint density at radius 2 is 2.46 bits per heavy atom. The third-order valence-corrected chi connectivity index (χ3v) is 2.09. The fourth-order valence-corrected chi connectivity index (χ4v) is 1.23. The van der Waals surface area contributed by atoms with Crippen LogP contribution < -0.4 is 0 Å². The highest BCUT2D eigenvalue weighted by Gasteiger charge is 2.02. The second-order valence-electron chi connectivity index (χ2n) is 3.03. The monoisotopic (exact) mass is 200 g/mol. The molecule has 0 amide bonds. The van der Waals surface area contributed by atoms with Crippen molar-refractivity contribution in [3.63, 3.8) is 0 Å². The van der Waals surface area contributed by atoms with E-state index < -0.39 is 0 Å². The average Bonchev–Trinajstić information content (AvgIpc) is 2.53. The van der Waals surface area contributed by atoms with Gasteiger partial charge in [-0.2, -0.15) is 17.7 Å². The van der Waals surface area contributed by atoms with Crippen LogP contribution in [0.5, 0.6) is 0 Å². The number of rotatable bonds is 5. The Hall–Kier alpha value is -0.480.